The average Bonchev–Trinajstić information content (AvgIpc) is 3.58. The summed E-state index contributed by atoms with van der Waals surface area (Å²) < 4.78 is 4.72. The van der Waals surface area contributed by atoms with Gasteiger partial charge in [-0.1, -0.05) is 90.5 Å². The molecule has 2 aliphatic rings. The third kappa shape index (κ3) is 11.3. The SMILES string of the molecule is C=C(/C=C\C(=C)C(=C)NC(=NC)C1CCCN1C(=O)C(NC(=O)OC)C(C)C)C(=C)/C=C\C(=C)C(=C)NC(=NC)[C@@H]1CCCCC1C(=O)O. The van der Waals surface area contributed by atoms with E-state index in [1.54, 1.807) is 43.3 Å². The third-order valence-corrected chi connectivity index (χ3v) is 8.88. The van der Waals surface area contributed by atoms with E-state index in [4.69, 9.17) is 4.74 Å². The summed E-state index contributed by atoms with van der Waals surface area (Å²) in [6.45, 7) is 28.9. The van der Waals surface area contributed by atoms with Crippen LogP contribution in [-0.2, 0) is 14.3 Å². The first-order valence-electron chi connectivity index (χ1n) is 16.5. The highest BCUT2D eigenvalue weighted by Gasteiger charge is 2.38. The van der Waals surface area contributed by atoms with Crippen molar-refractivity contribution in [1.82, 2.24) is 20.9 Å². The Morgan fingerprint density at radius 2 is 1.27 bits per heavy atom. The Morgan fingerprint density at radius 3 is 1.73 bits per heavy atom. The quantitative estimate of drug-likeness (QED) is 0.0969. The van der Waals surface area contributed by atoms with Crippen molar-refractivity contribution in [1.29, 1.82) is 0 Å². The van der Waals surface area contributed by atoms with Gasteiger partial charge in [0.1, 0.15) is 17.7 Å². The van der Waals surface area contributed by atoms with Gasteiger partial charge >= 0.3 is 12.1 Å². The lowest BCUT2D eigenvalue weighted by atomic mass is 9.78. The zero-order chi connectivity index (χ0) is 36.8. The number of likely N-dealkylation sites (tertiary alicyclic amines) is 1. The van der Waals surface area contributed by atoms with Crippen molar-refractivity contribution in [2.24, 2.45) is 27.7 Å². The molecule has 1 heterocycles. The maximum atomic E-state index is 13.5. The van der Waals surface area contributed by atoms with Gasteiger partial charge in [0.25, 0.3) is 0 Å². The molecule has 0 aromatic rings. The molecule has 11 heteroatoms. The van der Waals surface area contributed by atoms with E-state index in [0.717, 1.165) is 25.7 Å². The summed E-state index contributed by atoms with van der Waals surface area (Å²) >= 11 is 0. The Bertz CT molecular complexity index is 1470. The predicted octanol–water partition coefficient (Wildman–Crippen LogP) is 5.85. The molecule has 0 bridgehead atoms. The molecular formula is C38H54N6O5. The van der Waals surface area contributed by atoms with Gasteiger partial charge in [-0.25, -0.2) is 4.79 Å². The van der Waals surface area contributed by atoms with E-state index in [-0.39, 0.29) is 23.8 Å². The number of aliphatic carboxylic acids is 1. The lowest BCUT2D eigenvalue weighted by molar-refractivity contribution is -0.143. The van der Waals surface area contributed by atoms with Gasteiger partial charge in [0, 0.05) is 38.0 Å². The smallest absolute Gasteiger partial charge is 0.407 e. The Morgan fingerprint density at radius 1 is 0.776 bits per heavy atom. The molecule has 0 aromatic carbocycles. The number of amides is 2. The van der Waals surface area contributed by atoms with Gasteiger partial charge in [0.2, 0.25) is 5.91 Å². The summed E-state index contributed by atoms with van der Waals surface area (Å²) in [5, 5.41) is 18.8. The van der Waals surface area contributed by atoms with E-state index in [0.29, 0.717) is 64.7 Å². The van der Waals surface area contributed by atoms with E-state index in [9.17, 15) is 19.5 Å². The van der Waals surface area contributed by atoms with Crippen molar-refractivity contribution in [3.63, 3.8) is 0 Å². The number of hydrogen-bond donors (Lipinski definition) is 4. The molecule has 266 valence electrons. The van der Waals surface area contributed by atoms with Gasteiger partial charge in [-0.05, 0) is 53.9 Å². The molecule has 4 atom stereocenters. The minimum absolute atomic E-state index is 0.142. The van der Waals surface area contributed by atoms with Gasteiger partial charge in [0.05, 0.1) is 19.1 Å². The number of methoxy groups -OCH3 is 1. The number of amidine groups is 2. The van der Waals surface area contributed by atoms with Crippen molar-refractivity contribution >= 4 is 29.6 Å². The maximum absolute atomic E-state index is 13.5. The topological polar surface area (TPSA) is 145 Å². The Kier molecular flexibility index (Phi) is 15.7. The van der Waals surface area contributed by atoms with Crippen LogP contribution in [0.3, 0.4) is 0 Å². The molecule has 2 fully saturated rings. The van der Waals surface area contributed by atoms with Crippen LogP contribution in [-0.4, -0.2) is 79.5 Å². The second kappa shape index (κ2) is 19.2. The number of nitrogens with one attached hydrogen (secondary N) is 3. The zero-order valence-electron chi connectivity index (χ0n) is 29.8. The fraction of sp³-hybridized carbons (Fsp3) is 0.447. The molecule has 0 spiro atoms. The van der Waals surface area contributed by atoms with Gasteiger partial charge < -0.3 is 30.7 Å². The number of carboxylic acids is 1. The Labute approximate surface area is 291 Å². The standard InChI is InChI=1S/C38H54N6O5/c1-23(2)33(43-38(48)49-11)36(45)44-22-14-17-32(44)35(40-10)42-29(8)27(6)21-19-25(4)24(3)18-20-26(5)28(7)41-34(39-9)30-15-12-13-16-31(30)37(46)47/h18-21,23,30-33H,3-8,12-17,22H2,1-2,9-11H3,(H,39,41)(H,40,42)(H,43,48)(H,46,47)/b20-18-,21-19-/t30-,31?,32?,33?/m1/s1. The van der Waals surface area contributed by atoms with Crippen molar-refractivity contribution in [3.05, 3.63) is 97.5 Å². The second-order valence-electron chi connectivity index (χ2n) is 12.6. The number of rotatable bonds is 15. The number of allylic oxidation sites excluding steroid dienone is 6. The fourth-order valence-electron chi connectivity index (χ4n) is 5.84. The first kappa shape index (κ1) is 40.2. The normalized spacial score (nSPS) is 20.5. The Hall–Kier alpha value is -4.93. The predicted molar refractivity (Wildman–Crippen MR) is 198 cm³/mol. The monoisotopic (exact) mass is 674 g/mol. The van der Waals surface area contributed by atoms with Crippen LogP contribution in [0.25, 0.3) is 0 Å². The number of carboxylic acid groups (broad SMARTS) is 1. The third-order valence-electron chi connectivity index (χ3n) is 8.88. The largest absolute Gasteiger partial charge is 0.481 e. The van der Waals surface area contributed by atoms with Crippen LogP contribution in [0.4, 0.5) is 4.79 Å². The molecular weight excluding hydrogens is 620 g/mol. The lowest BCUT2D eigenvalue weighted by Crippen LogP contribution is -2.55. The molecule has 1 aliphatic heterocycles. The number of ether oxygens (including phenoxy) is 1. The van der Waals surface area contributed by atoms with Crippen LogP contribution in [0.1, 0.15) is 52.4 Å². The number of nitrogens with zero attached hydrogens (tertiary/aromatic N) is 3. The highest BCUT2D eigenvalue weighted by molar-refractivity contribution is 5.95. The molecule has 0 radical (unpaired) electrons. The van der Waals surface area contributed by atoms with Gasteiger partial charge in [-0.3, -0.25) is 19.6 Å². The molecule has 1 saturated carbocycles. The summed E-state index contributed by atoms with van der Waals surface area (Å²) in [6.07, 6.45) is 11.1. The van der Waals surface area contributed by atoms with Crippen LogP contribution < -0.4 is 16.0 Å². The molecule has 2 rings (SSSR count). The van der Waals surface area contributed by atoms with E-state index in [2.05, 4.69) is 65.4 Å². The molecule has 4 N–H and O–H groups in total. The van der Waals surface area contributed by atoms with Gasteiger partial charge in [-0.15, -0.1) is 0 Å². The summed E-state index contributed by atoms with van der Waals surface area (Å²) in [6, 6.07) is -1.05. The van der Waals surface area contributed by atoms with Crippen LogP contribution in [0.15, 0.2) is 107 Å². The maximum Gasteiger partial charge on any atom is 0.407 e. The van der Waals surface area contributed by atoms with Crippen molar-refractivity contribution in [3.8, 4) is 0 Å². The lowest BCUT2D eigenvalue weighted by Gasteiger charge is -2.31. The molecule has 0 aromatic heterocycles. The van der Waals surface area contributed by atoms with E-state index in [1.165, 1.54) is 7.11 Å². The van der Waals surface area contributed by atoms with Crippen LogP contribution >= 0.6 is 0 Å². The molecule has 49 heavy (non-hydrogen) atoms. The first-order valence-corrected chi connectivity index (χ1v) is 16.5. The average molecular weight is 675 g/mol. The van der Waals surface area contributed by atoms with Crippen LogP contribution in [0.5, 0.6) is 0 Å². The summed E-state index contributed by atoms with van der Waals surface area (Å²) in [5.74, 6) is -0.651. The van der Waals surface area contributed by atoms with Crippen LogP contribution in [0.2, 0.25) is 0 Å². The number of carbonyl (C=O) groups excluding carboxylic acids is 2. The van der Waals surface area contributed by atoms with Crippen molar-refractivity contribution < 1.29 is 24.2 Å². The minimum atomic E-state index is -0.806. The highest BCUT2D eigenvalue weighted by atomic mass is 16.5. The summed E-state index contributed by atoms with van der Waals surface area (Å²) in [7, 11) is 4.56. The van der Waals surface area contributed by atoms with Crippen molar-refractivity contribution in [2.75, 3.05) is 27.7 Å². The van der Waals surface area contributed by atoms with E-state index in [1.807, 2.05) is 13.8 Å². The van der Waals surface area contributed by atoms with E-state index >= 15 is 0 Å². The molecule has 3 unspecified atom stereocenters. The van der Waals surface area contributed by atoms with Crippen LogP contribution in [0, 0.1) is 17.8 Å². The summed E-state index contributed by atoms with van der Waals surface area (Å²) in [5.41, 5.74) is 3.47. The first-order chi connectivity index (χ1) is 23.2. The van der Waals surface area contributed by atoms with Gasteiger partial charge in [-0.2, -0.15) is 0 Å². The second-order valence-corrected chi connectivity index (χ2v) is 12.6. The van der Waals surface area contributed by atoms with Gasteiger partial charge in [0.15, 0.2) is 0 Å². The summed E-state index contributed by atoms with van der Waals surface area (Å²) in [4.78, 5) is 47.7. The molecule has 1 saturated heterocycles. The fourth-order valence-corrected chi connectivity index (χ4v) is 5.84. The number of hydrogen-bond acceptors (Lipinski definition) is 6. The number of alkyl carbamates (subject to hydrolysis) is 1. The van der Waals surface area contributed by atoms with Crippen molar-refractivity contribution in [2.45, 2.75) is 64.5 Å². The highest BCUT2D eigenvalue weighted by Crippen LogP contribution is 2.31. The Balaban J connectivity index is 1.99. The number of carbonyl (C=O) groups is 3. The van der Waals surface area contributed by atoms with E-state index < -0.39 is 24.0 Å². The molecule has 1 aliphatic carbocycles. The molecule has 11 nitrogen and oxygen atoms in total. The molecule has 2 amide bonds. The zero-order valence-corrected chi connectivity index (χ0v) is 29.8. The number of aliphatic imine (C=N–C) groups is 2. The minimum Gasteiger partial charge on any atom is -0.481 e.